The number of likely N-dealkylation sites (tertiary alicyclic amines) is 1. The quantitative estimate of drug-likeness (QED) is 0.716. The van der Waals surface area contributed by atoms with Gasteiger partial charge in [0.05, 0.1) is 6.04 Å². The predicted molar refractivity (Wildman–Crippen MR) is 124 cm³/mol. The first-order valence-electron chi connectivity index (χ1n) is 11.0. The Kier molecular flexibility index (Phi) is 7.53. The summed E-state index contributed by atoms with van der Waals surface area (Å²) in [6.45, 7) is 6.03. The molecule has 2 heterocycles. The van der Waals surface area contributed by atoms with Gasteiger partial charge in [-0.3, -0.25) is 9.78 Å². The summed E-state index contributed by atoms with van der Waals surface area (Å²) in [5, 5.41) is 2.81. The van der Waals surface area contributed by atoms with Gasteiger partial charge in [0, 0.05) is 30.9 Å². The SMILES string of the molecule is C#Cc1ccc(C[C@H](NC(=O)OC(C)(C)C)C(=O)N2CCCC[C@@H]2c2cccnc2)cc1. The molecular weight excluding hydrogens is 402 g/mol. The number of benzene rings is 1. The fraction of sp³-hybridized carbons (Fsp3) is 0.423. The molecule has 1 fully saturated rings. The summed E-state index contributed by atoms with van der Waals surface area (Å²) in [5.74, 6) is 2.47. The number of carbonyl (C=O) groups is 2. The summed E-state index contributed by atoms with van der Waals surface area (Å²) in [6, 6.07) is 10.5. The number of carbonyl (C=O) groups excluding carboxylic acids is 2. The first-order valence-corrected chi connectivity index (χ1v) is 11.0. The maximum absolute atomic E-state index is 13.7. The normalized spacial score (nSPS) is 17.2. The highest BCUT2D eigenvalue weighted by atomic mass is 16.6. The highest BCUT2D eigenvalue weighted by Gasteiger charge is 2.34. The van der Waals surface area contributed by atoms with E-state index in [1.807, 2.05) is 47.5 Å². The average molecular weight is 434 g/mol. The second-order valence-corrected chi connectivity index (χ2v) is 9.07. The van der Waals surface area contributed by atoms with Crippen molar-refractivity contribution in [1.29, 1.82) is 0 Å². The Hall–Kier alpha value is -3.33. The van der Waals surface area contributed by atoms with Crippen LogP contribution in [-0.4, -0.2) is 40.1 Å². The number of hydrogen-bond acceptors (Lipinski definition) is 4. The van der Waals surface area contributed by atoms with Crippen LogP contribution in [0, 0.1) is 12.3 Å². The van der Waals surface area contributed by atoms with Crippen molar-refractivity contribution < 1.29 is 14.3 Å². The number of amides is 2. The molecule has 6 nitrogen and oxygen atoms in total. The zero-order valence-electron chi connectivity index (χ0n) is 19.0. The van der Waals surface area contributed by atoms with Gasteiger partial charge in [-0.1, -0.05) is 24.1 Å². The van der Waals surface area contributed by atoms with Crippen LogP contribution in [0.1, 0.15) is 62.8 Å². The fourth-order valence-corrected chi connectivity index (χ4v) is 3.94. The summed E-state index contributed by atoms with van der Waals surface area (Å²) >= 11 is 0. The average Bonchev–Trinajstić information content (AvgIpc) is 2.78. The van der Waals surface area contributed by atoms with Gasteiger partial charge in [0.25, 0.3) is 0 Å². The van der Waals surface area contributed by atoms with Gasteiger partial charge in [-0.2, -0.15) is 0 Å². The van der Waals surface area contributed by atoms with Crippen molar-refractivity contribution in [2.45, 2.75) is 64.1 Å². The van der Waals surface area contributed by atoms with Crippen LogP contribution < -0.4 is 5.32 Å². The Morgan fingerprint density at radius 1 is 1.25 bits per heavy atom. The molecule has 1 aromatic heterocycles. The molecule has 3 rings (SSSR count). The van der Waals surface area contributed by atoms with E-state index in [0.717, 1.165) is 36.0 Å². The van der Waals surface area contributed by atoms with Crippen LogP contribution in [0.25, 0.3) is 0 Å². The fourth-order valence-electron chi connectivity index (χ4n) is 3.94. The number of terminal acetylenes is 1. The van der Waals surface area contributed by atoms with Crippen LogP contribution in [0.2, 0.25) is 0 Å². The molecule has 0 unspecified atom stereocenters. The van der Waals surface area contributed by atoms with E-state index in [4.69, 9.17) is 11.2 Å². The van der Waals surface area contributed by atoms with Gasteiger partial charge in [-0.05, 0) is 69.4 Å². The molecule has 1 N–H and O–H groups in total. The largest absolute Gasteiger partial charge is 0.444 e. The van der Waals surface area contributed by atoms with Crippen LogP contribution in [0.5, 0.6) is 0 Å². The molecule has 0 radical (unpaired) electrons. The first kappa shape index (κ1) is 23.3. The van der Waals surface area contributed by atoms with Gasteiger partial charge in [-0.25, -0.2) is 4.79 Å². The zero-order valence-corrected chi connectivity index (χ0v) is 19.0. The van der Waals surface area contributed by atoms with Gasteiger partial charge < -0.3 is 15.0 Å². The van der Waals surface area contributed by atoms with Crippen molar-refractivity contribution in [2.24, 2.45) is 0 Å². The molecule has 2 atom stereocenters. The van der Waals surface area contributed by atoms with Crippen molar-refractivity contribution in [1.82, 2.24) is 15.2 Å². The van der Waals surface area contributed by atoms with Crippen molar-refractivity contribution in [2.75, 3.05) is 6.54 Å². The summed E-state index contributed by atoms with van der Waals surface area (Å²) in [4.78, 5) is 32.4. The van der Waals surface area contributed by atoms with E-state index in [1.165, 1.54) is 0 Å². The molecule has 6 heteroatoms. The van der Waals surface area contributed by atoms with Crippen LogP contribution in [0.3, 0.4) is 0 Å². The topological polar surface area (TPSA) is 71.5 Å². The highest BCUT2D eigenvalue weighted by Crippen LogP contribution is 2.31. The zero-order chi connectivity index (χ0) is 23.1. The van der Waals surface area contributed by atoms with Gasteiger partial charge in [-0.15, -0.1) is 6.42 Å². The molecule has 0 aliphatic carbocycles. The number of nitrogens with one attached hydrogen (secondary N) is 1. The summed E-state index contributed by atoms with van der Waals surface area (Å²) in [5.41, 5.74) is 2.03. The number of pyridine rings is 1. The molecule has 0 bridgehead atoms. The number of ether oxygens (including phenoxy) is 1. The van der Waals surface area contributed by atoms with Crippen molar-refractivity contribution in [3.8, 4) is 12.3 Å². The third-order valence-corrected chi connectivity index (χ3v) is 5.40. The predicted octanol–water partition coefficient (Wildman–Crippen LogP) is 4.25. The number of aromatic nitrogens is 1. The minimum absolute atomic E-state index is 0.0586. The minimum atomic E-state index is -0.751. The standard InChI is InChI=1S/C26H31N3O3/c1-5-19-11-13-20(14-12-19)17-22(28-25(31)32-26(2,3)4)24(30)29-16-7-6-10-23(29)21-9-8-15-27-18-21/h1,8-9,11-15,18,22-23H,6-7,10,16-17H2,2-4H3,(H,28,31)/t22-,23+/m0/s1. The maximum Gasteiger partial charge on any atom is 0.408 e. The first-order chi connectivity index (χ1) is 15.3. The lowest BCUT2D eigenvalue weighted by atomic mass is 9.94. The van der Waals surface area contributed by atoms with Crippen LogP contribution >= 0.6 is 0 Å². The third-order valence-electron chi connectivity index (χ3n) is 5.40. The lowest BCUT2D eigenvalue weighted by Gasteiger charge is -2.38. The third kappa shape index (κ3) is 6.34. The molecule has 2 aromatic rings. The molecule has 1 aliphatic heterocycles. The molecule has 1 aromatic carbocycles. The van der Waals surface area contributed by atoms with Crippen molar-refractivity contribution in [3.63, 3.8) is 0 Å². The van der Waals surface area contributed by atoms with E-state index in [0.29, 0.717) is 13.0 Å². The summed E-state index contributed by atoms with van der Waals surface area (Å²) in [7, 11) is 0. The molecule has 0 spiro atoms. The van der Waals surface area contributed by atoms with Gasteiger partial charge in [0.2, 0.25) is 5.91 Å². The van der Waals surface area contributed by atoms with Gasteiger partial charge in [0.15, 0.2) is 0 Å². The van der Waals surface area contributed by atoms with Gasteiger partial charge in [0.1, 0.15) is 11.6 Å². The monoisotopic (exact) mass is 433 g/mol. The smallest absolute Gasteiger partial charge is 0.408 e. The lowest BCUT2D eigenvalue weighted by Crippen LogP contribution is -2.52. The minimum Gasteiger partial charge on any atom is -0.444 e. The Morgan fingerprint density at radius 3 is 2.62 bits per heavy atom. The summed E-state index contributed by atoms with van der Waals surface area (Å²) in [6.07, 6.45) is 11.6. The molecule has 0 saturated carbocycles. The molecule has 32 heavy (non-hydrogen) atoms. The Labute approximate surface area is 190 Å². The van der Waals surface area contributed by atoms with Crippen LogP contribution in [0.15, 0.2) is 48.8 Å². The van der Waals surface area contributed by atoms with E-state index < -0.39 is 17.7 Å². The second kappa shape index (κ2) is 10.3. The van der Waals surface area contributed by atoms with Crippen LogP contribution in [0.4, 0.5) is 4.79 Å². The highest BCUT2D eigenvalue weighted by molar-refractivity contribution is 5.86. The number of piperidine rings is 1. The Morgan fingerprint density at radius 2 is 2.00 bits per heavy atom. The second-order valence-electron chi connectivity index (χ2n) is 9.07. The molecular formula is C26H31N3O3. The van der Waals surface area contributed by atoms with E-state index >= 15 is 0 Å². The molecule has 1 aliphatic rings. The van der Waals surface area contributed by atoms with Crippen molar-refractivity contribution >= 4 is 12.0 Å². The Balaban J connectivity index is 1.85. The lowest BCUT2D eigenvalue weighted by molar-refractivity contribution is -0.137. The number of alkyl carbamates (subject to hydrolysis) is 1. The maximum atomic E-state index is 13.7. The van der Waals surface area contributed by atoms with Crippen molar-refractivity contribution in [3.05, 3.63) is 65.5 Å². The number of nitrogens with zero attached hydrogens (tertiary/aromatic N) is 2. The van der Waals surface area contributed by atoms with E-state index in [-0.39, 0.29) is 11.9 Å². The molecule has 168 valence electrons. The van der Waals surface area contributed by atoms with Crippen LogP contribution in [-0.2, 0) is 16.0 Å². The molecule has 2 amide bonds. The molecule has 1 saturated heterocycles. The van der Waals surface area contributed by atoms with E-state index in [2.05, 4.69) is 16.2 Å². The Bertz CT molecular complexity index is 959. The summed E-state index contributed by atoms with van der Waals surface area (Å²) < 4.78 is 5.43. The van der Waals surface area contributed by atoms with Gasteiger partial charge >= 0.3 is 6.09 Å². The van der Waals surface area contributed by atoms with E-state index in [9.17, 15) is 9.59 Å². The van der Waals surface area contributed by atoms with E-state index in [1.54, 1.807) is 27.0 Å². The number of rotatable bonds is 5. The number of hydrogen-bond donors (Lipinski definition) is 1.